The largest absolute Gasteiger partial charge is 0.478 e. The van der Waals surface area contributed by atoms with Gasteiger partial charge < -0.3 is 19.3 Å². The maximum Gasteiger partial charge on any atom is 0.356 e. The normalized spacial score (nSPS) is 39.8. The molecule has 1 N–H and O–H groups in total. The minimum absolute atomic E-state index is 0.0136. The van der Waals surface area contributed by atoms with Gasteiger partial charge in [-0.15, -0.1) is 0 Å². The predicted octanol–water partition coefficient (Wildman–Crippen LogP) is 7.12. The second-order valence-electron chi connectivity index (χ2n) is 14.3. The summed E-state index contributed by atoms with van der Waals surface area (Å²) in [4.78, 5) is 27.9. The molecule has 1 aromatic heterocycles. The minimum atomic E-state index is -0.538. The third-order valence-electron chi connectivity index (χ3n) is 12.4. The Morgan fingerprint density at radius 2 is 1.81 bits per heavy atom. The molecule has 234 valence electrons. The highest BCUT2D eigenvalue weighted by molar-refractivity contribution is 6.31. The predicted molar refractivity (Wildman–Crippen MR) is 161 cm³/mol. The van der Waals surface area contributed by atoms with Gasteiger partial charge in [-0.05, 0) is 110 Å². The molecule has 1 heterocycles. The molecule has 1 aromatic rings. The molecule has 7 nitrogen and oxygen atoms in total. The fraction of sp³-hybridized carbons (Fsp3) is 0.794. The number of aliphatic hydroxyl groups is 1. The van der Waals surface area contributed by atoms with Crippen LogP contribution < -0.4 is 4.74 Å². The first-order valence-electron chi connectivity index (χ1n) is 16.2. The van der Waals surface area contributed by atoms with Crippen LogP contribution in [-0.4, -0.2) is 48.0 Å². The number of halogens is 1. The van der Waals surface area contributed by atoms with E-state index in [9.17, 15) is 14.7 Å². The Balaban J connectivity index is 1.28. The van der Waals surface area contributed by atoms with E-state index in [0.717, 1.165) is 32.1 Å². The minimum Gasteiger partial charge on any atom is -0.478 e. The second-order valence-corrected chi connectivity index (χ2v) is 14.8. The number of carbonyl (C=O) groups is 2. The van der Waals surface area contributed by atoms with Crippen LogP contribution in [0.1, 0.15) is 103 Å². The first kappa shape index (κ1) is 31.6. The molecule has 0 unspecified atom stereocenters. The summed E-state index contributed by atoms with van der Waals surface area (Å²) in [6.07, 6.45) is 9.18. The second kappa shape index (κ2) is 12.3. The van der Waals surface area contributed by atoms with E-state index in [4.69, 9.17) is 25.8 Å². The Morgan fingerprint density at radius 1 is 1.10 bits per heavy atom. The van der Waals surface area contributed by atoms with Gasteiger partial charge in [-0.2, -0.15) is 0 Å². The molecule has 0 spiro atoms. The van der Waals surface area contributed by atoms with Crippen LogP contribution in [0.4, 0.5) is 0 Å². The molecule has 4 saturated carbocycles. The van der Waals surface area contributed by atoms with Crippen molar-refractivity contribution in [3.8, 4) is 5.88 Å². The molecule has 0 saturated heterocycles. The zero-order chi connectivity index (χ0) is 30.4. The van der Waals surface area contributed by atoms with Gasteiger partial charge in [0.05, 0.1) is 19.8 Å². The number of pyridine rings is 1. The van der Waals surface area contributed by atoms with Gasteiger partial charge in [0.2, 0.25) is 5.88 Å². The third-order valence-corrected chi connectivity index (χ3v) is 12.7. The van der Waals surface area contributed by atoms with Crippen molar-refractivity contribution in [1.29, 1.82) is 0 Å². The average molecular weight is 604 g/mol. The summed E-state index contributed by atoms with van der Waals surface area (Å²) in [5.74, 6) is 2.67. The highest BCUT2D eigenvalue weighted by Gasteiger charge is 2.65. The molecule has 0 aromatic carbocycles. The molecule has 11 atom stereocenters. The van der Waals surface area contributed by atoms with E-state index in [1.165, 1.54) is 45.8 Å². The standard InChI is InChI=1S/C34H50ClNO6/c1-7-23-27-18-22(42-20(3)37)10-13-34(27,5)26-11-14-33(4)24(8-9-25(33)30(26)31(23)38)19(2)12-15-41-29-17-21(35)16-28(36-29)32(39)40-6/h16-17,19,22-27,30-31,38H,7-15,18H2,1-6H3/t19-,22-,23-,24-,25+,26+,27+,30+,31-,33-,34-/m1/s1. The van der Waals surface area contributed by atoms with Gasteiger partial charge in [-0.25, -0.2) is 9.78 Å². The number of carbonyl (C=O) groups excluding carboxylic acids is 2. The van der Waals surface area contributed by atoms with E-state index in [1.54, 1.807) is 6.07 Å². The lowest BCUT2D eigenvalue weighted by molar-refractivity contribution is -0.207. The van der Waals surface area contributed by atoms with Crippen LogP contribution in [0.3, 0.4) is 0 Å². The van der Waals surface area contributed by atoms with E-state index in [0.29, 0.717) is 53.0 Å². The Bertz CT molecular complexity index is 1160. The van der Waals surface area contributed by atoms with Crippen molar-refractivity contribution in [2.45, 2.75) is 105 Å². The van der Waals surface area contributed by atoms with Gasteiger partial charge >= 0.3 is 11.9 Å². The van der Waals surface area contributed by atoms with Gasteiger partial charge in [0.15, 0.2) is 5.69 Å². The molecule has 5 rings (SSSR count). The highest BCUT2D eigenvalue weighted by atomic mass is 35.5. The topological polar surface area (TPSA) is 95.0 Å². The van der Waals surface area contributed by atoms with Crippen molar-refractivity contribution < 1.29 is 28.9 Å². The fourth-order valence-electron chi connectivity index (χ4n) is 10.6. The van der Waals surface area contributed by atoms with E-state index in [-0.39, 0.29) is 40.6 Å². The number of fused-ring (bicyclic) bond motifs is 5. The number of hydrogen-bond acceptors (Lipinski definition) is 7. The summed E-state index contributed by atoms with van der Waals surface area (Å²) >= 11 is 6.19. The molecule has 0 radical (unpaired) electrons. The maximum absolute atomic E-state index is 12.1. The van der Waals surface area contributed by atoms with Crippen molar-refractivity contribution in [3.63, 3.8) is 0 Å². The number of methoxy groups -OCH3 is 1. The van der Waals surface area contributed by atoms with Gasteiger partial charge in [-0.1, -0.05) is 45.7 Å². The lowest BCUT2D eigenvalue weighted by Gasteiger charge is -2.64. The summed E-state index contributed by atoms with van der Waals surface area (Å²) in [7, 11) is 1.32. The van der Waals surface area contributed by atoms with Crippen LogP contribution in [0.5, 0.6) is 5.88 Å². The third kappa shape index (κ3) is 5.58. The number of rotatable bonds is 8. The van der Waals surface area contributed by atoms with Gasteiger partial charge in [-0.3, -0.25) is 4.79 Å². The summed E-state index contributed by atoms with van der Waals surface area (Å²) in [6, 6.07) is 3.12. The highest BCUT2D eigenvalue weighted by Crippen LogP contribution is 2.69. The first-order chi connectivity index (χ1) is 19.9. The maximum atomic E-state index is 12.1. The van der Waals surface area contributed by atoms with Gasteiger partial charge in [0.25, 0.3) is 0 Å². The number of nitrogens with zero attached hydrogens (tertiary/aromatic N) is 1. The molecule has 0 amide bonds. The Kier molecular flexibility index (Phi) is 9.21. The van der Waals surface area contributed by atoms with E-state index < -0.39 is 5.97 Å². The smallest absolute Gasteiger partial charge is 0.356 e. The van der Waals surface area contributed by atoms with Gasteiger partial charge in [0, 0.05) is 18.0 Å². The number of aromatic nitrogens is 1. The van der Waals surface area contributed by atoms with Crippen molar-refractivity contribution in [2.24, 2.45) is 52.3 Å². The van der Waals surface area contributed by atoms with Crippen molar-refractivity contribution in [1.82, 2.24) is 4.98 Å². The van der Waals surface area contributed by atoms with Crippen LogP contribution in [-0.2, 0) is 14.3 Å². The van der Waals surface area contributed by atoms with E-state index in [2.05, 4.69) is 32.7 Å². The lowest BCUT2D eigenvalue weighted by Crippen LogP contribution is -2.62. The van der Waals surface area contributed by atoms with Crippen LogP contribution in [0.2, 0.25) is 5.02 Å². The molecule has 42 heavy (non-hydrogen) atoms. The molecule has 4 aliphatic rings. The molecule has 4 aliphatic carbocycles. The van der Waals surface area contributed by atoms with Gasteiger partial charge in [0.1, 0.15) is 6.10 Å². The molecule has 4 fully saturated rings. The zero-order valence-corrected chi connectivity index (χ0v) is 27.0. The summed E-state index contributed by atoms with van der Waals surface area (Å²) in [5.41, 5.74) is 0.528. The number of esters is 2. The fourth-order valence-corrected chi connectivity index (χ4v) is 10.8. The molecule has 0 bridgehead atoms. The van der Waals surface area contributed by atoms with Crippen molar-refractivity contribution >= 4 is 23.5 Å². The zero-order valence-electron chi connectivity index (χ0n) is 26.2. The number of ether oxygens (including phenoxy) is 3. The SMILES string of the molecule is CC[C@H]1[C@@H](O)[C@@H]2[C@H](CC[C@]3(C)[C@@H]([C@H](C)CCOc4cc(Cl)cc(C(=O)OC)n4)CC[C@@H]23)[C@@]2(C)CC[C@@H](OC(C)=O)C[C@@H]12. The van der Waals surface area contributed by atoms with Crippen LogP contribution in [0, 0.1) is 52.3 Å². The summed E-state index contributed by atoms with van der Waals surface area (Å²) in [6.45, 7) is 11.6. The Hall–Kier alpha value is -1.86. The number of hydrogen-bond donors (Lipinski definition) is 1. The monoisotopic (exact) mass is 603 g/mol. The number of aliphatic hydroxyl groups excluding tert-OH is 1. The molecular weight excluding hydrogens is 554 g/mol. The Labute approximate surface area is 256 Å². The molecule has 8 heteroatoms. The lowest BCUT2D eigenvalue weighted by atomic mass is 9.41. The quantitative estimate of drug-likeness (QED) is 0.316. The van der Waals surface area contributed by atoms with Crippen molar-refractivity contribution in [2.75, 3.05) is 13.7 Å². The summed E-state index contributed by atoms with van der Waals surface area (Å²) in [5, 5.41) is 12.5. The van der Waals surface area contributed by atoms with Crippen LogP contribution >= 0.6 is 11.6 Å². The van der Waals surface area contributed by atoms with E-state index in [1.807, 2.05) is 0 Å². The van der Waals surface area contributed by atoms with Crippen molar-refractivity contribution in [3.05, 3.63) is 22.8 Å². The summed E-state index contributed by atoms with van der Waals surface area (Å²) < 4.78 is 16.5. The van der Waals surface area contributed by atoms with Crippen LogP contribution in [0.15, 0.2) is 12.1 Å². The van der Waals surface area contributed by atoms with E-state index >= 15 is 0 Å². The first-order valence-corrected chi connectivity index (χ1v) is 16.5. The molecular formula is C34H50ClNO6. The molecule has 0 aliphatic heterocycles. The Morgan fingerprint density at radius 3 is 2.50 bits per heavy atom. The van der Waals surface area contributed by atoms with Crippen LogP contribution in [0.25, 0.3) is 0 Å². The average Bonchev–Trinajstić information content (AvgIpc) is 3.30.